The van der Waals surface area contributed by atoms with E-state index in [-0.39, 0.29) is 0 Å². The first-order valence-corrected chi connectivity index (χ1v) is 1.44. The summed E-state index contributed by atoms with van der Waals surface area (Å²) in [7, 11) is 0. The van der Waals surface area contributed by atoms with Crippen molar-refractivity contribution < 1.29 is 8.78 Å². The summed E-state index contributed by atoms with van der Waals surface area (Å²) in [6.07, 6.45) is -4.07. The van der Waals surface area contributed by atoms with Crippen LogP contribution in [0.5, 0.6) is 0 Å². The van der Waals surface area contributed by atoms with Crippen molar-refractivity contribution in [3.63, 3.8) is 0 Å². The van der Waals surface area contributed by atoms with Crippen LogP contribution in [0.2, 0.25) is 0 Å². The van der Waals surface area contributed by atoms with Crippen LogP contribution in [-0.4, -0.2) is 12.6 Å². The molecule has 0 aromatic carbocycles. The standard InChI is InChI=1S/C2H6F2N2/c3-1(5)2(4)6/h1-2H,5-6H2. The van der Waals surface area contributed by atoms with Crippen molar-refractivity contribution in [2.75, 3.05) is 0 Å². The van der Waals surface area contributed by atoms with Gasteiger partial charge in [-0.15, -0.1) is 0 Å². The number of alkyl halides is 2. The Morgan fingerprint density at radius 3 is 1.17 bits per heavy atom. The van der Waals surface area contributed by atoms with Gasteiger partial charge in [0.2, 0.25) is 0 Å². The van der Waals surface area contributed by atoms with Gasteiger partial charge in [0.05, 0.1) is 0 Å². The molecule has 0 aromatic heterocycles. The first-order chi connectivity index (χ1) is 2.64. The average molecular weight is 96.1 g/mol. The van der Waals surface area contributed by atoms with Gasteiger partial charge in [-0.25, -0.2) is 8.78 Å². The summed E-state index contributed by atoms with van der Waals surface area (Å²) in [4.78, 5) is 0. The molecule has 0 fully saturated rings. The van der Waals surface area contributed by atoms with Crippen LogP contribution in [0.25, 0.3) is 0 Å². The number of halogens is 2. The van der Waals surface area contributed by atoms with Crippen molar-refractivity contribution in [2.24, 2.45) is 11.5 Å². The van der Waals surface area contributed by atoms with Gasteiger partial charge < -0.3 is 0 Å². The molecule has 0 saturated carbocycles. The SMILES string of the molecule is NC(F)C(N)F. The number of hydrogen-bond acceptors (Lipinski definition) is 2. The molecule has 2 atom stereocenters. The van der Waals surface area contributed by atoms with Crippen LogP contribution in [-0.2, 0) is 0 Å². The molecule has 6 heavy (non-hydrogen) atoms. The summed E-state index contributed by atoms with van der Waals surface area (Å²) in [6, 6.07) is 0. The van der Waals surface area contributed by atoms with Gasteiger partial charge in [0, 0.05) is 0 Å². The summed E-state index contributed by atoms with van der Waals surface area (Å²) in [6.45, 7) is 0. The molecule has 0 heterocycles. The highest BCUT2D eigenvalue weighted by atomic mass is 19.2. The molecule has 0 aliphatic rings. The molecular weight excluding hydrogens is 90.0 g/mol. The molecular formula is C2H6F2N2. The molecule has 2 nitrogen and oxygen atoms in total. The first-order valence-electron chi connectivity index (χ1n) is 1.44. The minimum Gasteiger partial charge on any atom is -0.298 e. The molecule has 2 unspecified atom stereocenters. The largest absolute Gasteiger partial charge is 0.298 e. The van der Waals surface area contributed by atoms with Gasteiger partial charge in [0.15, 0.2) is 12.6 Å². The summed E-state index contributed by atoms with van der Waals surface area (Å²) in [5, 5.41) is 0. The zero-order valence-electron chi connectivity index (χ0n) is 3.07. The van der Waals surface area contributed by atoms with Crippen LogP contribution < -0.4 is 11.5 Å². The lowest BCUT2D eigenvalue weighted by atomic mass is 10.6. The van der Waals surface area contributed by atoms with E-state index >= 15 is 0 Å². The number of rotatable bonds is 1. The van der Waals surface area contributed by atoms with Crippen LogP contribution in [0, 0.1) is 0 Å². The highest BCUT2D eigenvalue weighted by Crippen LogP contribution is 1.85. The van der Waals surface area contributed by atoms with Gasteiger partial charge in [-0.2, -0.15) is 0 Å². The lowest BCUT2D eigenvalue weighted by molar-refractivity contribution is 0.178. The van der Waals surface area contributed by atoms with E-state index in [2.05, 4.69) is 11.5 Å². The molecule has 0 aromatic rings. The monoisotopic (exact) mass is 96.0 g/mol. The normalized spacial score (nSPS) is 20.0. The Morgan fingerprint density at radius 1 is 1.00 bits per heavy atom. The zero-order valence-corrected chi connectivity index (χ0v) is 3.07. The molecule has 0 saturated heterocycles. The Labute approximate surface area is 34.1 Å². The van der Waals surface area contributed by atoms with E-state index in [0.29, 0.717) is 0 Å². The quantitative estimate of drug-likeness (QED) is 0.432. The van der Waals surface area contributed by atoms with Crippen molar-refractivity contribution in [1.82, 2.24) is 0 Å². The maximum Gasteiger partial charge on any atom is 0.193 e. The van der Waals surface area contributed by atoms with Crippen LogP contribution in [0.3, 0.4) is 0 Å². The van der Waals surface area contributed by atoms with E-state index in [1.165, 1.54) is 0 Å². The predicted molar refractivity (Wildman–Crippen MR) is 18.2 cm³/mol. The van der Waals surface area contributed by atoms with Crippen molar-refractivity contribution >= 4 is 0 Å². The molecule has 0 spiro atoms. The van der Waals surface area contributed by atoms with Crippen LogP contribution in [0.1, 0.15) is 0 Å². The highest BCUT2D eigenvalue weighted by molar-refractivity contribution is 4.48. The second-order valence-corrected chi connectivity index (χ2v) is 0.889. The fourth-order valence-corrected chi connectivity index (χ4v) is 0. The Balaban J connectivity index is 2.99. The molecule has 0 amide bonds. The van der Waals surface area contributed by atoms with E-state index in [1.54, 1.807) is 0 Å². The topological polar surface area (TPSA) is 52.0 Å². The molecule has 0 aliphatic carbocycles. The fourth-order valence-electron chi connectivity index (χ4n) is 0. The minimum atomic E-state index is -2.04. The molecule has 4 heteroatoms. The van der Waals surface area contributed by atoms with Crippen LogP contribution in [0.15, 0.2) is 0 Å². The van der Waals surface area contributed by atoms with Crippen molar-refractivity contribution in [2.45, 2.75) is 12.6 Å². The number of hydrogen-bond donors (Lipinski definition) is 2. The minimum absolute atomic E-state index is 2.04. The molecule has 0 aliphatic heterocycles. The van der Waals surface area contributed by atoms with Crippen molar-refractivity contribution in [3.8, 4) is 0 Å². The lowest BCUT2D eigenvalue weighted by Gasteiger charge is -1.97. The smallest absolute Gasteiger partial charge is 0.193 e. The summed E-state index contributed by atoms with van der Waals surface area (Å²) >= 11 is 0. The summed E-state index contributed by atoms with van der Waals surface area (Å²) < 4.78 is 22.2. The average Bonchev–Trinajstić information content (AvgIpc) is 1.36. The first kappa shape index (κ1) is 5.78. The Morgan fingerprint density at radius 2 is 1.17 bits per heavy atom. The second kappa shape index (κ2) is 2.04. The molecule has 0 radical (unpaired) electrons. The number of nitrogens with two attached hydrogens (primary N) is 2. The molecule has 4 N–H and O–H groups in total. The fraction of sp³-hybridized carbons (Fsp3) is 1.00. The Kier molecular flexibility index (Phi) is 1.97. The van der Waals surface area contributed by atoms with Gasteiger partial charge in [0.25, 0.3) is 0 Å². The van der Waals surface area contributed by atoms with E-state index < -0.39 is 12.6 Å². The molecule has 38 valence electrons. The summed E-state index contributed by atoms with van der Waals surface area (Å²) in [5.41, 5.74) is 8.54. The predicted octanol–water partition coefficient (Wildman–Crippen LogP) is -0.505. The second-order valence-electron chi connectivity index (χ2n) is 0.889. The van der Waals surface area contributed by atoms with Crippen LogP contribution >= 0.6 is 0 Å². The van der Waals surface area contributed by atoms with E-state index in [1.807, 2.05) is 0 Å². The van der Waals surface area contributed by atoms with E-state index in [0.717, 1.165) is 0 Å². The van der Waals surface area contributed by atoms with Crippen molar-refractivity contribution in [3.05, 3.63) is 0 Å². The van der Waals surface area contributed by atoms with E-state index in [4.69, 9.17) is 0 Å². The summed E-state index contributed by atoms with van der Waals surface area (Å²) in [5.74, 6) is 0. The maximum absolute atomic E-state index is 11.1. The Hall–Kier alpha value is -0.220. The zero-order chi connectivity index (χ0) is 5.15. The van der Waals surface area contributed by atoms with Gasteiger partial charge in [-0.3, -0.25) is 11.5 Å². The third kappa shape index (κ3) is 2.04. The van der Waals surface area contributed by atoms with Gasteiger partial charge in [-0.1, -0.05) is 0 Å². The highest BCUT2D eigenvalue weighted by Gasteiger charge is 2.06. The van der Waals surface area contributed by atoms with Gasteiger partial charge in [0.1, 0.15) is 0 Å². The van der Waals surface area contributed by atoms with Crippen molar-refractivity contribution in [1.29, 1.82) is 0 Å². The lowest BCUT2D eigenvalue weighted by Crippen LogP contribution is -2.33. The van der Waals surface area contributed by atoms with E-state index in [9.17, 15) is 8.78 Å². The third-order valence-corrected chi connectivity index (χ3v) is 0.304. The van der Waals surface area contributed by atoms with Crippen LogP contribution in [0.4, 0.5) is 8.78 Å². The van der Waals surface area contributed by atoms with Gasteiger partial charge in [-0.05, 0) is 0 Å². The maximum atomic E-state index is 11.1. The third-order valence-electron chi connectivity index (χ3n) is 0.304. The molecule has 0 bridgehead atoms. The molecule has 0 rings (SSSR count). The van der Waals surface area contributed by atoms with Gasteiger partial charge >= 0.3 is 0 Å². The Bertz CT molecular complexity index is 30.5.